The molecule has 6 heteroatoms. The largest absolute Gasteiger partial charge is 0.389 e. The van der Waals surface area contributed by atoms with Gasteiger partial charge < -0.3 is 10.3 Å². The summed E-state index contributed by atoms with van der Waals surface area (Å²) in [5.74, 6) is 0.0344. The van der Waals surface area contributed by atoms with Crippen LogP contribution in [0.3, 0.4) is 0 Å². The molecule has 0 atom stereocenters. The highest BCUT2D eigenvalue weighted by molar-refractivity contribution is 5.24. The zero-order chi connectivity index (χ0) is 9.19. The Morgan fingerprint density at radius 3 is 2.58 bits per heavy atom. The molecule has 0 bridgehead atoms. The predicted molar refractivity (Wildman–Crippen MR) is 35.3 cm³/mol. The highest BCUT2D eigenvalue weighted by atomic mass is 19.4. The number of nitrogens with zero attached hydrogens (tertiary/aromatic N) is 1. The SMILES string of the molecule is Nc1cc(CCC(F)(F)F)no1. The van der Waals surface area contributed by atoms with E-state index in [0.717, 1.165) is 0 Å². The van der Waals surface area contributed by atoms with Crippen LogP contribution in [-0.2, 0) is 6.42 Å². The number of nitrogens with two attached hydrogens (primary N) is 1. The standard InChI is InChI=1S/C6H7F3N2O/c7-6(8,9)2-1-4-3-5(10)12-11-4/h3H,1-2,10H2. The number of aromatic nitrogens is 1. The molecule has 1 heterocycles. The highest BCUT2D eigenvalue weighted by Gasteiger charge is 2.27. The number of anilines is 1. The summed E-state index contributed by atoms with van der Waals surface area (Å²) >= 11 is 0. The van der Waals surface area contributed by atoms with E-state index in [1.165, 1.54) is 6.07 Å². The molecule has 1 aromatic heterocycles. The van der Waals surface area contributed by atoms with Crippen molar-refractivity contribution in [1.82, 2.24) is 5.16 Å². The summed E-state index contributed by atoms with van der Waals surface area (Å²) in [6, 6.07) is 1.28. The lowest BCUT2D eigenvalue weighted by Gasteiger charge is -2.02. The first-order chi connectivity index (χ1) is 5.47. The molecule has 0 aromatic carbocycles. The maximum Gasteiger partial charge on any atom is 0.389 e. The second-order valence-electron chi connectivity index (χ2n) is 2.34. The molecule has 0 saturated heterocycles. The van der Waals surface area contributed by atoms with Crippen LogP contribution >= 0.6 is 0 Å². The van der Waals surface area contributed by atoms with Gasteiger partial charge in [0.15, 0.2) is 0 Å². The van der Waals surface area contributed by atoms with Crippen molar-refractivity contribution in [2.24, 2.45) is 0 Å². The number of hydrogen-bond acceptors (Lipinski definition) is 3. The minimum Gasteiger partial charge on any atom is -0.368 e. The zero-order valence-corrected chi connectivity index (χ0v) is 6.06. The van der Waals surface area contributed by atoms with E-state index in [9.17, 15) is 13.2 Å². The van der Waals surface area contributed by atoms with Crippen molar-refractivity contribution in [3.63, 3.8) is 0 Å². The minimum absolute atomic E-state index is 0.0344. The predicted octanol–water partition coefficient (Wildman–Crippen LogP) is 1.75. The summed E-state index contributed by atoms with van der Waals surface area (Å²) in [5, 5.41) is 3.32. The first-order valence-corrected chi connectivity index (χ1v) is 3.25. The summed E-state index contributed by atoms with van der Waals surface area (Å²) in [5.41, 5.74) is 5.33. The van der Waals surface area contributed by atoms with E-state index in [1.807, 2.05) is 0 Å². The molecule has 2 N–H and O–H groups in total. The number of rotatable bonds is 2. The summed E-state index contributed by atoms with van der Waals surface area (Å²) in [6.45, 7) is 0. The molecule has 0 spiro atoms. The van der Waals surface area contributed by atoms with Gasteiger partial charge in [-0.1, -0.05) is 5.16 Å². The zero-order valence-electron chi connectivity index (χ0n) is 6.06. The van der Waals surface area contributed by atoms with E-state index in [4.69, 9.17) is 5.73 Å². The first kappa shape index (κ1) is 8.89. The van der Waals surface area contributed by atoms with E-state index in [2.05, 4.69) is 9.68 Å². The fourth-order valence-electron chi connectivity index (χ4n) is 0.716. The molecule has 1 aromatic rings. The topological polar surface area (TPSA) is 52.0 Å². The van der Waals surface area contributed by atoms with Crippen molar-refractivity contribution in [1.29, 1.82) is 0 Å². The average Bonchev–Trinajstić information content (AvgIpc) is 2.30. The Kier molecular flexibility index (Phi) is 2.25. The molecule has 0 aliphatic rings. The van der Waals surface area contributed by atoms with Crippen LogP contribution in [0.4, 0.5) is 19.1 Å². The Hall–Kier alpha value is -1.20. The monoisotopic (exact) mass is 180 g/mol. The Balaban J connectivity index is 2.44. The summed E-state index contributed by atoms with van der Waals surface area (Å²) in [7, 11) is 0. The maximum absolute atomic E-state index is 11.7. The molecule has 0 saturated carbocycles. The van der Waals surface area contributed by atoms with Crippen LogP contribution in [0.25, 0.3) is 0 Å². The van der Waals surface area contributed by atoms with Crippen molar-refractivity contribution in [2.45, 2.75) is 19.0 Å². The van der Waals surface area contributed by atoms with Gasteiger partial charge in [-0.05, 0) is 0 Å². The van der Waals surface area contributed by atoms with Crippen LogP contribution in [0.15, 0.2) is 10.6 Å². The van der Waals surface area contributed by atoms with Crippen LogP contribution in [0.5, 0.6) is 0 Å². The molecule has 0 fully saturated rings. The van der Waals surface area contributed by atoms with E-state index in [-0.39, 0.29) is 18.0 Å². The Morgan fingerprint density at radius 2 is 2.17 bits per heavy atom. The molecule has 12 heavy (non-hydrogen) atoms. The van der Waals surface area contributed by atoms with Gasteiger partial charge in [-0.2, -0.15) is 13.2 Å². The number of alkyl halides is 3. The van der Waals surface area contributed by atoms with Crippen molar-refractivity contribution in [3.05, 3.63) is 11.8 Å². The first-order valence-electron chi connectivity index (χ1n) is 3.25. The summed E-state index contributed by atoms with van der Waals surface area (Å²) < 4.78 is 39.4. The van der Waals surface area contributed by atoms with Crippen LogP contribution < -0.4 is 5.73 Å². The van der Waals surface area contributed by atoms with E-state index < -0.39 is 12.6 Å². The quantitative estimate of drug-likeness (QED) is 0.754. The summed E-state index contributed by atoms with van der Waals surface area (Å²) in [6.07, 6.45) is -5.25. The van der Waals surface area contributed by atoms with Crippen molar-refractivity contribution >= 4 is 5.88 Å². The van der Waals surface area contributed by atoms with E-state index >= 15 is 0 Å². The highest BCUT2D eigenvalue weighted by Crippen LogP contribution is 2.22. The Morgan fingerprint density at radius 1 is 1.50 bits per heavy atom. The van der Waals surface area contributed by atoms with Gasteiger partial charge in [0.05, 0.1) is 5.69 Å². The lowest BCUT2D eigenvalue weighted by molar-refractivity contribution is -0.134. The van der Waals surface area contributed by atoms with Crippen LogP contribution in [0, 0.1) is 0 Å². The lowest BCUT2D eigenvalue weighted by atomic mass is 10.2. The smallest absolute Gasteiger partial charge is 0.368 e. The normalized spacial score (nSPS) is 11.9. The molecular formula is C6H7F3N2O. The van der Waals surface area contributed by atoms with Crippen molar-refractivity contribution < 1.29 is 17.7 Å². The molecule has 1 rings (SSSR count). The molecule has 68 valence electrons. The molecule has 0 aliphatic carbocycles. The molecule has 0 unspecified atom stereocenters. The fraction of sp³-hybridized carbons (Fsp3) is 0.500. The molecule has 0 aliphatic heterocycles. The van der Waals surface area contributed by atoms with Gasteiger partial charge in [-0.15, -0.1) is 0 Å². The van der Waals surface area contributed by atoms with E-state index in [1.54, 1.807) is 0 Å². The average molecular weight is 180 g/mol. The van der Waals surface area contributed by atoms with Gasteiger partial charge >= 0.3 is 6.18 Å². The third-order valence-corrected chi connectivity index (χ3v) is 1.24. The van der Waals surface area contributed by atoms with Gasteiger partial charge in [0, 0.05) is 18.9 Å². The van der Waals surface area contributed by atoms with Crippen LogP contribution in [0.2, 0.25) is 0 Å². The Bertz CT molecular complexity index is 256. The second-order valence-corrected chi connectivity index (χ2v) is 2.34. The minimum atomic E-state index is -4.16. The molecule has 0 radical (unpaired) electrons. The molecular weight excluding hydrogens is 173 g/mol. The number of hydrogen-bond donors (Lipinski definition) is 1. The van der Waals surface area contributed by atoms with Gasteiger partial charge in [-0.3, -0.25) is 0 Å². The molecule has 3 nitrogen and oxygen atoms in total. The van der Waals surface area contributed by atoms with Crippen molar-refractivity contribution in [3.8, 4) is 0 Å². The lowest BCUT2D eigenvalue weighted by Crippen LogP contribution is -2.08. The van der Waals surface area contributed by atoms with Gasteiger partial charge in [-0.25, -0.2) is 0 Å². The number of halogens is 3. The number of aryl methyl sites for hydroxylation is 1. The van der Waals surface area contributed by atoms with Gasteiger partial charge in [0.1, 0.15) is 0 Å². The second kappa shape index (κ2) is 3.04. The van der Waals surface area contributed by atoms with Crippen molar-refractivity contribution in [2.75, 3.05) is 5.73 Å². The Labute approximate surface area is 66.3 Å². The summed E-state index contributed by atoms with van der Waals surface area (Å²) in [4.78, 5) is 0. The maximum atomic E-state index is 11.7. The van der Waals surface area contributed by atoms with Gasteiger partial charge in [0.25, 0.3) is 0 Å². The third kappa shape index (κ3) is 2.81. The van der Waals surface area contributed by atoms with Crippen LogP contribution in [0.1, 0.15) is 12.1 Å². The van der Waals surface area contributed by atoms with Crippen LogP contribution in [-0.4, -0.2) is 11.3 Å². The fourth-order valence-corrected chi connectivity index (χ4v) is 0.716. The van der Waals surface area contributed by atoms with Gasteiger partial charge in [0.2, 0.25) is 5.88 Å². The van der Waals surface area contributed by atoms with E-state index in [0.29, 0.717) is 0 Å². The molecule has 0 amide bonds. The number of nitrogen functional groups attached to an aromatic ring is 1. The third-order valence-electron chi connectivity index (χ3n) is 1.24.